The minimum atomic E-state index is -4.73. The molecule has 2 aromatic heterocycles. The van der Waals surface area contributed by atoms with Crippen LogP contribution in [-0.4, -0.2) is 63.6 Å². The van der Waals surface area contributed by atoms with Gasteiger partial charge in [-0.1, -0.05) is 18.2 Å². The summed E-state index contributed by atoms with van der Waals surface area (Å²) in [7, 11) is 1.50. The van der Waals surface area contributed by atoms with Gasteiger partial charge in [0.1, 0.15) is 17.1 Å². The predicted molar refractivity (Wildman–Crippen MR) is 132 cm³/mol. The molecule has 3 heterocycles. The van der Waals surface area contributed by atoms with Crippen LogP contribution in [0.5, 0.6) is 5.75 Å². The Labute approximate surface area is 216 Å². The second kappa shape index (κ2) is 10.1. The van der Waals surface area contributed by atoms with Crippen molar-refractivity contribution in [1.82, 2.24) is 24.4 Å². The summed E-state index contributed by atoms with van der Waals surface area (Å²) >= 11 is 0. The van der Waals surface area contributed by atoms with E-state index in [4.69, 9.17) is 4.74 Å². The van der Waals surface area contributed by atoms with Crippen molar-refractivity contribution in [2.45, 2.75) is 19.6 Å². The van der Waals surface area contributed by atoms with Crippen LogP contribution >= 0.6 is 0 Å². The number of carbonyl (C=O) groups excluding carboxylic acids is 1. The molecule has 0 saturated carbocycles. The van der Waals surface area contributed by atoms with Crippen LogP contribution in [0.3, 0.4) is 0 Å². The monoisotopic (exact) mass is 527 g/mol. The molecule has 38 heavy (non-hydrogen) atoms. The average Bonchev–Trinajstić information content (AvgIpc) is 3.32. The zero-order chi connectivity index (χ0) is 27.0. The van der Waals surface area contributed by atoms with Crippen LogP contribution < -0.4 is 4.74 Å². The number of fused-ring (bicyclic) bond motifs is 1. The van der Waals surface area contributed by atoms with E-state index in [1.807, 2.05) is 4.90 Å². The molecule has 0 N–H and O–H groups in total. The fraction of sp³-hybridized carbons (Fsp3) is 0.296. The van der Waals surface area contributed by atoms with E-state index in [9.17, 15) is 22.4 Å². The minimum absolute atomic E-state index is 0.00665. The number of halogens is 4. The Bertz CT molecular complexity index is 1480. The van der Waals surface area contributed by atoms with E-state index in [0.29, 0.717) is 54.1 Å². The van der Waals surface area contributed by atoms with Gasteiger partial charge in [0.05, 0.1) is 19.0 Å². The quantitative estimate of drug-likeness (QED) is 0.348. The fourth-order valence-electron chi connectivity index (χ4n) is 4.73. The Morgan fingerprint density at radius 2 is 1.71 bits per heavy atom. The molecule has 0 aliphatic carbocycles. The van der Waals surface area contributed by atoms with Gasteiger partial charge in [0, 0.05) is 49.4 Å². The molecule has 1 aliphatic rings. The molecule has 11 heteroatoms. The average molecular weight is 528 g/mol. The van der Waals surface area contributed by atoms with Gasteiger partial charge < -0.3 is 9.64 Å². The van der Waals surface area contributed by atoms with Crippen molar-refractivity contribution in [1.29, 1.82) is 0 Å². The van der Waals surface area contributed by atoms with Gasteiger partial charge in [-0.3, -0.25) is 9.69 Å². The molecule has 5 rings (SSSR count). The number of alkyl halides is 3. The highest BCUT2D eigenvalue weighted by Gasteiger charge is 2.39. The molecule has 7 nitrogen and oxygen atoms in total. The highest BCUT2D eigenvalue weighted by Crippen LogP contribution is 2.37. The summed E-state index contributed by atoms with van der Waals surface area (Å²) in [4.78, 5) is 21.5. The first kappa shape index (κ1) is 25.7. The van der Waals surface area contributed by atoms with E-state index in [0.717, 1.165) is 6.20 Å². The number of benzene rings is 2. The number of amides is 1. The molecule has 2 aromatic carbocycles. The molecule has 0 atom stereocenters. The largest absolute Gasteiger partial charge is 0.497 e. The first-order chi connectivity index (χ1) is 18.2. The molecule has 4 aromatic rings. The topological polar surface area (TPSA) is 63.0 Å². The Balaban J connectivity index is 1.45. The van der Waals surface area contributed by atoms with Gasteiger partial charge in [0.2, 0.25) is 0 Å². The Kier molecular flexibility index (Phi) is 6.78. The standard InChI is InChI=1S/C27H25F4N5O2/c1-17-23(18-7-9-20(38-2)10-8-18)33-25-21(15-32-36(25)24(17)27(29,30)31)26(37)35-13-11-34(12-14-35)16-19-5-3-4-6-22(19)28/h3-10,15H,11-14,16H2,1-2H3. The van der Waals surface area contributed by atoms with Gasteiger partial charge in [0.15, 0.2) is 11.3 Å². The number of rotatable bonds is 5. The zero-order valence-electron chi connectivity index (χ0n) is 20.8. The maximum Gasteiger partial charge on any atom is 0.433 e. The predicted octanol–water partition coefficient (Wildman–Crippen LogP) is 4.83. The SMILES string of the molecule is COc1ccc(-c2nc3c(C(=O)N4CCN(Cc5ccccc5F)CC4)cnn3c(C(F)(F)F)c2C)cc1. The lowest BCUT2D eigenvalue weighted by atomic mass is 10.0. The summed E-state index contributed by atoms with van der Waals surface area (Å²) in [5.41, 5.74) is -0.115. The van der Waals surface area contributed by atoms with Crippen molar-refractivity contribution in [3.63, 3.8) is 0 Å². The maximum atomic E-state index is 14.2. The third-order valence-corrected chi connectivity index (χ3v) is 6.76. The Morgan fingerprint density at radius 3 is 2.34 bits per heavy atom. The summed E-state index contributed by atoms with van der Waals surface area (Å²) in [5.74, 6) is -0.180. The lowest BCUT2D eigenvalue weighted by molar-refractivity contribution is -0.143. The number of methoxy groups -OCH3 is 1. The second-order valence-corrected chi connectivity index (χ2v) is 9.11. The normalized spacial score (nSPS) is 14.7. The molecule has 0 unspecified atom stereocenters. The molecule has 0 bridgehead atoms. The van der Waals surface area contributed by atoms with Gasteiger partial charge in [-0.15, -0.1) is 0 Å². The Morgan fingerprint density at radius 1 is 1.03 bits per heavy atom. The van der Waals surface area contributed by atoms with Crippen LogP contribution in [0.25, 0.3) is 16.9 Å². The molecule has 0 spiro atoms. The van der Waals surface area contributed by atoms with Crippen molar-refractivity contribution in [3.8, 4) is 17.0 Å². The second-order valence-electron chi connectivity index (χ2n) is 9.11. The smallest absolute Gasteiger partial charge is 0.433 e. The third-order valence-electron chi connectivity index (χ3n) is 6.76. The number of hydrogen-bond donors (Lipinski definition) is 0. The number of piperazine rings is 1. The van der Waals surface area contributed by atoms with E-state index < -0.39 is 17.8 Å². The number of aromatic nitrogens is 3. The van der Waals surface area contributed by atoms with Crippen LogP contribution in [-0.2, 0) is 12.7 Å². The van der Waals surface area contributed by atoms with E-state index in [1.165, 1.54) is 20.1 Å². The molecular formula is C27H25F4N5O2. The van der Waals surface area contributed by atoms with Crippen LogP contribution in [0.4, 0.5) is 17.6 Å². The number of carbonyl (C=O) groups is 1. The molecule has 198 valence electrons. The molecular weight excluding hydrogens is 502 g/mol. The van der Waals surface area contributed by atoms with Gasteiger partial charge in [-0.25, -0.2) is 13.9 Å². The number of nitrogens with zero attached hydrogens (tertiary/aromatic N) is 5. The van der Waals surface area contributed by atoms with Crippen molar-refractivity contribution in [2.75, 3.05) is 33.3 Å². The van der Waals surface area contributed by atoms with Gasteiger partial charge in [0.25, 0.3) is 5.91 Å². The zero-order valence-corrected chi connectivity index (χ0v) is 20.8. The molecule has 1 saturated heterocycles. The first-order valence-electron chi connectivity index (χ1n) is 12.0. The lowest BCUT2D eigenvalue weighted by Gasteiger charge is -2.34. The lowest BCUT2D eigenvalue weighted by Crippen LogP contribution is -2.48. The van der Waals surface area contributed by atoms with E-state index in [-0.39, 0.29) is 28.3 Å². The van der Waals surface area contributed by atoms with Crippen molar-refractivity contribution < 1.29 is 27.1 Å². The van der Waals surface area contributed by atoms with E-state index in [1.54, 1.807) is 47.4 Å². The number of ether oxygens (including phenoxy) is 1. The summed E-state index contributed by atoms with van der Waals surface area (Å²) in [6.07, 6.45) is -3.58. The summed E-state index contributed by atoms with van der Waals surface area (Å²) in [6, 6.07) is 13.0. The molecule has 0 radical (unpaired) electrons. The summed E-state index contributed by atoms with van der Waals surface area (Å²) in [5, 5.41) is 3.92. The summed E-state index contributed by atoms with van der Waals surface area (Å²) < 4.78 is 62.4. The highest BCUT2D eigenvalue weighted by atomic mass is 19.4. The minimum Gasteiger partial charge on any atom is -0.497 e. The first-order valence-corrected chi connectivity index (χ1v) is 12.0. The van der Waals surface area contributed by atoms with Gasteiger partial charge in [-0.05, 0) is 37.3 Å². The van der Waals surface area contributed by atoms with Crippen molar-refractivity contribution in [3.05, 3.63) is 82.9 Å². The van der Waals surface area contributed by atoms with Crippen LogP contribution in [0.1, 0.15) is 27.2 Å². The fourth-order valence-corrected chi connectivity index (χ4v) is 4.73. The van der Waals surface area contributed by atoms with E-state index >= 15 is 0 Å². The maximum absolute atomic E-state index is 14.2. The highest BCUT2D eigenvalue weighted by molar-refractivity contribution is 6.00. The molecule has 1 amide bonds. The van der Waals surface area contributed by atoms with Crippen molar-refractivity contribution >= 4 is 11.6 Å². The van der Waals surface area contributed by atoms with E-state index in [2.05, 4.69) is 10.1 Å². The van der Waals surface area contributed by atoms with Gasteiger partial charge in [-0.2, -0.15) is 18.3 Å². The summed E-state index contributed by atoms with van der Waals surface area (Å²) in [6.45, 7) is 3.43. The van der Waals surface area contributed by atoms with Crippen LogP contribution in [0, 0.1) is 12.7 Å². The van der Waals surface area contributed by atoms with Crippen LogP contribution in [0.2, 0.25) is 0 Å². The van der Waals surface area contributed by atoms with Crippen LogP contribution in [0.15, 0.2) is 54.7 Å². The Hall–Kier alpha value is -3.99. The van der Waals surface area contributed by atoms with Gasteiger partial charge >= 0.3 is 6.18 Å². The van der Waals surface area contributed by atoms with Crippen molar-refractivity contribution in [2.24, 2.45) is 0 Å². The molecule has 1 aliphatic heterocycles. The third kappa shape index (κ3) is 4.81. The number of hydrogen-bond acceptors (Lipinski definition) is 5. The molecule has 1 fully saturated rings.